The number of nitrogens with zero attached hydrogens (tertiary/aromatic N) is 1. The fraction of sp³-hybridized carbons (Fsp3) is 0.130. The fourth-order valence-electron chi connectivity index (χ4n) is 3.09. The number of benzene rings is 3. The van der Waals surface area contributed by atoms with E-state index < -0.39 is 0 Å². The van der Waals surface area contributed by atoms with E-state index in [-0.39, 0.29) is 5.56 Å². The maximum absolute atomic E-state index is 12.4. The molecule has 0 bridgehead atoms. The van der Waals surface area contributed by atoms with Gasteiger partial charge >= 0.3 is 0 Å². The minimum Gasteiger partial charge on any atom is -0.497 e. The Balaban J connectivity index is 1.65. The lowest BCUT2D eigenvalue weighted by Crippen LogP contribution is -2.09. The highest BCUT2D eigenvalue weighted by Gasteiger charge is 2.10. The molecule has 0 spiro atoms. The van der Waals surface area contributed by atoms with Crippen LogP contribution < -0.4 is 19.8 Å². The van der Waals surface area contributed by atoms with Crippen LogP contribution in [0.25, 0.3) is 22.3 Å². The molecule has 0 saturated heterocycles. The predicted octanol–water partition coefficient (Wildman–Crippen LogP) is 4.19. The minimum absolute atomic E-state index is 0.169. The monoisotopic (exact) mass is 388 g/mol. The second kappa shape index (κ2) is 8.06. The molecule has 3 aromatic carbocycles. The molecule has 0 atom stereocenters. The number of hydrogen-bond donors (Lipinski definition) is 1. The minimum atomic E-state index is -0.169. The van der Waals surface area contributed by atoms with Crippen molar-refractivity contribution in [3.05, 3.63) is 82.6 Å². The summed E-state index contributed by atoms with van der Waals surface area (Å²) in [5.74, 6) is 2.69. The molecule has 146 valence electrons. The third-order valence-corrected chi connectivity index (χ3v) is 4.62. The molecule has 4 rings (SSSR count). The number of hydrogen-bond acceptors (Lipinski definition) is 5. The maximum atomic E-state index is 12.4. The smallest absolute Gasteiger partial charge is 0.259 e. The topological polar surface area (TPSA) is 73.4 Å². The third kappa shape index (κ3) is 3.91. The van der Waals surface area contributed by atoms with Gasteiger partial charge in [0.25, 0.3) is 5.56 Å². The second-order valence-corrected chi connectivity index (χ2v) is 6.42. The molecule has 0 saturated carbocycles. The van der Waals surface area contributed by atoms with Gasteiger partial charge in [-0.05, 0) is 54.6 Å². The lowest BCUT2D eigenvalue weighted by Gasteiger charge is -2.12. The van der Waals surface area contributed by atoms with Crippen LogP contribution in [0.1, 0.15) is 5.56 Å². The van der Waals surface area contributed by atoms with Crippen LogP contribution in [0.4, 0.5) is 0 Å². The van der Waals surface area contributed by atoms with E-state index in [1.54, 1.807) is 20.3 Å². The van der Waals surface area contributed by atoms with Gasteiger partial charge in [-0.25, -0.2) is 4.98 Å². The molecule has 0 unspecified atom stereocenters. The molecule has 0 aliphatic rings. The zero-order chi connectivity index (χ0) is 20.2. The molecule has 1 N–H and O–H groups in total. The van der Waals surface area contributed by atoms with E-state index in [2.05, 4.69) is 9.97 Å². The van der Waals surface area contributed by atoms with Crippen molar-refractivity contribution in [2.75, 3.05) is 14.2 Å². The Labute approximate surface area is 167 Å². The van der Waals surface area contributed by atoms with Gasteiger partial charge in [0.05, 0.1) is 25.1 Å². The van der Waals surface area contributed by atoms with Gasteiger partial charge in [0.15, 0.2) is 0 Å². The molecule has 29 heavy (non-hydrogen) atoms. The van der Waals surface area contributed by atoms with Gasteiger partial charge in [-0.2, -0.15) is 0 Å². The quantitative estimate of drug-likeness (QED) is 0.536. The summed E-state index contributed by atoms with van der Waals surface area (Å²) in [5.41, 5.74) is 2.11. The van der Waals surface area contributed by atoms with E-state index in [0.717, 1.165) is 22.6 Å². The van der Waals surface area contributed by atoms with E-state index in [0.29, 0.717) is 29.1 Å². The molecule has 0 radical (unpaired) electrons. The molecule has 0 amide bonds. The van der Waals surface area contributed by atoms with Gasteiger partial charge in [0.2, 0.25) is 0 Å². The summed E-state index contributed by atoms with van der Waals surface area (Å²) in [5, 5.41) is 0.563. The van der Waals surface area contributed by atoms with Gasteiger partial charge in [0.1, 0.15) is 29.7 Å². The largest absolute Gasteiger partial charge is 0.497 e. The Kier molecular flexibility index (Phi) is 5.16. The number of ether oxygens (including phenoxy) is 3. The van der Waals surface area contributed by atoms with E-state index in [1.165, 1.54) is 0 Å². The molecular weight excluding hydrogens is 368 g/mol. The number of methoxy groups -OCH3 is 2. The van der Waals surface area contributed by atoms with Crippen LogP contribution in [0.2, 0.25) is 0 Å². The van der Waals surface area contributed by atoms with Crippen LogP contribution in [0, 0.1) is 0 Å². The van der Waals surface area contributed by atoms with E-state index in [9.17, 15) is 4.79 Å². The van der Waals surface area contributed by atoms with E-state index >= 15 is 0 Å². The lowest BCUT2D eigenvalue weighted by atomic mass is 10.1. The first-order chi connectivity index (χ1) is 14.2. The van der Waals surface area contributed by atoms with Crippen LogP contribution >= 0.6 is 0 Å². The Bertz CT molecular complexity index is 1200. The Morgan fingerprint density at radius 3 is 2.41 bits per heavy atom. The number of nitrogens with one attached hydrogen (secondary N) is 1. The predicted molar refractivity (Wildman–Crippen MR) is 112 cm³/mol. The summed E-state index contributed by atoms with van der Waals surface area (Å²) < 4.78 is 16.5. The van der Waals surface area contributed by atoms with Crippen molar-refractivity contribution >= 4 is 10.9 Å². The van der Waals surface area contributed by atoms with Crippen molar-refractivity contribution in [1.82, 2.24) is 9.97 Å². The number of aromatic amines is 1. The summed E-state index contributed by atoms with van der Waals surface area (Å²) in [4.78, 5) is 19.8. The van der Waals surface area contributed by atoms with Crippen LogP contribution in [-0.4, -0.2) is 24.2 Å². The molecule has 1 heterocycles. The number of fused-ring (bicyclic) bond motifs is 1. The summed E-state index contributed by atoms with van der Waals surface area (Å²) in [6, 6.07) is 20.3. The highest BCUT2D eigenvalue weighted by Crippen LogP contribution is 2.27. The van der Waals surface area contributed by atoms with Gasteiger partial charge < -0.3 is 19.2 Å². The van der Waals surface area contributed by atoms with Crippen LogP contribution in [-0.2, 0) is 6.61 Å². The zero-order valence-electron chi connectivity index (χ0n) is 16.1. The van der Waals surface area contributed by atoms with Gasteiger partial charge in [-0.15, -0.1) is 0 Å². The number of H-pyrrole nitrogens is 1. The first-order valence-corrected chi connectivity index (χ1v) is 9.11. The second-order valence-electron chi connectivity index (χ2n) is 6.42. The van der Waals surface area contributed by atoms with Gasteiger partial charge in [-0.1, -0.05) is 12.1 Å². The molecule has 0 aliphatic heterocycles. The first-order valence-electron chi connectivity index (χ1n) is 9.11. The van der Waals surface area contributed by atoms with Crippen LogP contribution in [0.15, 0.2) is 71.5 Å². The normalized spacial score (nSPS) is 10.7. The van der Waals surface area contributed by atoms with Crippen molar-refractivity contribution in [1.29, 1.82) is 0 Å². The Morgan fingerprint density at radius 2 is 1.66 bits per heavy atom. The van der Waals surface area contributed by atoms with Crippen molar-refractivity contribution in [2.24, 2.45) is 0 Å². The summed E-state index contributed by atoms with van der Waals surface area (Å²) in [6.45, 7) is 0.307. The first kappa shape index (κ1) is 18.6. The molecule has 0 fully saturated rings. The summed E-state index contributed by atoms with van der Waals surface area (Å²) in [6.07, 6.45) is 0. The Morgan fingerprint density at radius 1 is 0.897 bits per heavy atom. The lowest BCUT2D eigenvalue weighted by molar-refractivity contribution is 0.296. The van der Waals surface area contributed by atoms with Crippen molar-refractivity contribution < 1.29 is 14.2 Å². The molecular formula is C23H20N2O4. The SMILES string of the molecule is COc1ccc(OCc2cc(-c3nc4ccccc4c(=O)[nH]3)ccc2OC)cc1. The Hall–Kier alpha value is -3.80. The highest BCUT2D eigenvalue weighted by molar-refractivity contribution is 5.79. The summed E-state index contributed by atoms with van der Waals surface area (Å²) in [7, 11) is 3.24. The molecule has 6 nitrogen and oxygen atoms in total. The molecule has 4 aromatic rings. The standard InChI is InChI=1S/C23H20N2O4/c1-27-17-8-10-18(11-9-17)29-14-16-13-15(7-12-21(16)28-2)22-24-20-6-4-3-5-19(20)23(26)25-22/h3-13H,14H2,1-2H3,(H,24,25,26). The summed E-state index contributed by atoms with van der Waals surface area (Å²) >= 11 is 0. The number of aromatic nitrogens is 2. The molecule has 0 aliphatic carbocycles. The van der Waals surface area contributed by atoms with Crippen LogP contribution in [0.3, 0.4) is 0 Å². The van der Waals surface area contributed by atoms with Crippen molar-refractivity contribution in [3.63, 3.8) is 0 Å². The zero-order valence-corrected chi connectivity index (χ0v) is 16.1. The maximum Gasteiger partial charge on any atom is 0.259 e. The van der Waals surface area contributed by atoms with Crippen molar-refractivity contribution in [2.45, 2.75) is 6.61 Å². The highest BCUT2D eigenvalue weighted by atomic mass is 16.5. The average Bonchev–Trinajstić information content (AvgIpc) is 2.77. The number of rotatable bonds is 6. The van der Waals surface area contributed by atoms with E-state index in [1.807, 2.05) is 60.7 Å². The van der Waals surface area contributed by atoms with Crippen molar-refractivity contribution in [3.8, 4) is 28.6 Å². The average molecular weight is 388 g/mol. The molecule has 1 aromatic heterocycles. The third-order valence-electron chi connectivity index (χ3n) is 4.62. The fourth-order valence-corrected chi connectivity index (χ4v) is 3.09. The van der Waals surface area contributed by atoms with Crippen LogP contribution in [0.5, 0.6) is 17.2 Å². The number of para-hydroxylation sites is 1. The van der Waals surface area contributed by atoms with E-state index in [4.69, 9.17) is 14.2 Å². The van der Waals surface area contributed by atoms with Gasteiger partial charge in [0, 0.05) is 11.1 Å². The van der Waals surface area contributed by atoms with Gasteiger partial charge in [-0.3, -0.25) is 4.79 Å². The molecule has 6 heteroatoms.